The Bertz CT molecular complexity index is 938. The summed E-state index contributed by atoms with van der Waals surface area (Å²) in [6, 6.07) is 11.6. The molecule has 1 aliphatic heterocycles. The zero-order valence-electron chi connectivity index (χ0n) is 16.1. The van der Waals surface area contributed by atoms with Gasteiger partial charge in [-0.05, 0) is 24.6 Å². The van der Waals surface area contributed by atoms with Crippen LogP contribution < -0.4 is 14.2 Å². The molecule has 1 aliphatic rings. The van der Waals surface area contributed by atoms with Gasteiger partial charge >= 0.3 is 0 Å². The smallest absolute Gasteiger partial charge is 0.266 e. The maximum atomic E-state index is 12.9. The Labute approximate surface area is 174 Å². The average Bonchev–Trinajstić information content (AvgIpc) is 2.96. The molecule has 7 heteroatoms. The van der Waals surface area contributed by atoms with Crippen LogP contribution >= 0.6 is 24.0 Å². The summed E-state index contributed by atoms with van der Waals surface area (Å²) in [6.45, 7) is 2.48. The standard InChI is InChI=1S/C21H21NO4S2/c1-13-5-7-14(8-6-13)12-22-20(23)19(28-21(22)27)10-15-9-17(25-3)18(26-4)11-16(15)24-2/h5-11H,12H2,1-4H3. The van der Waals surface area contributed by atoms with Crippen LogP contribution in [-0.2, 0) is 11.3 Å². The first-order valence-electron chi connectivity index (χ1n) is 8.57. The zero-order valence-corrected chi connectivity index (χ0v) is 17.8. The topological polar surface area (TPSA) is 48.0 Å². The molecule has 2 aromatic rings. The van der Waals surface area contributed by atoms with Crippen LogP contribution in [0.25, 0.3) is 6.08 Å². The van der Waals surface area contributed by atoms with Crippen molar-refractivity contribution in [2.45, 2.75) is 13.5 Å². The largest absolute Gasteiger partial charge is 0.496 e. The van der Waals surface area contributed by atoms with E-state index in [0.29, 0.717) is 33.0 Å². The van der Waals surface area contributed by atoms with Crippen molar-refractivity contribution in [1.29, 1.82) is 0 Å². The summed E-state index contributed by atoms with van der Waals surface area (Å²) in [4.78, 5) is 15.1. The number of amides is 1. The molecule has 0 aliphatic carbocycles. The van der Waals surface area contributed by atoms with E-state index in [4.69, 9.17) is 26.4 Å². The lowest BCUT2D eigenvalue weighted by molar-refractivity contribution is -0.122. The summed E-state index contributed by atoms with van der Waals surface area (Å²) >= 11 is 6.72. The van der Waals surface area contributed by atoms with Crippen molar-refractivity contribution in [3.8, 4) is 17.2 Å². The van der Waals surface area contributed by atoms with E-state index in [1.54, 1.807) is 44.4 Å². The second kappa shape index (κ2) is 8.67. The third-order valence-corrected chi connectivity index (χ3v) is 5.74. The number of thioether (sulfide) groups is 1. The van der Waals surface area contributed by atoms with E-state index in [1.807, 2.05) is 31.2 Å². The summed E-state index contributed by atoms with van der Waals surface area (Å²) in [5.74, 6) is 1.59. The molecular formula is C21H21NO4S2. The Morgan fingerprint density at radius 1 is 1.00 bits per heavy atom. The summed E-state index contributed by atoms with van der Waals surface area (Å²) in [5.41, 5.74) is 2.93. The fraction of sp³-hybridized carbons (Fsp3) is 0.238. The molecule has 5 nitrogen and oxygen atoms in total. The van der Waals surface area contributed by atoms with Gasteiger partial charge in [0.15, 0.2) is 11.5 Å². The van der Waals surface area contributed by atoms with Gasteiger partial charge < -0.3 is 14.2 Å². The predicted octanol–water partition coefficient (Wildman–Crippen LogP) is 4.42. The van der Waals surface area contributed by atoms with E-state index in [-0.39, 0.29) is 5.91 Å². The maximum absolute atomic E-state index is 12.9. The number of nitrogens with zero attached hydrogens (tertiary/aromatic N) is 1. The minimum Gasteiger partial charge on any atom is -0.496 e. The highest BCUT2D eigenvalue weighted by Crippen LogP contribution is 2.39. The van der Waals surface area contributed by atoms with Crippen molar-refractivity contribution in [2.75, 3.05) is 21.3 Å². The van der Waals surface area contributed by atoms with Crippen molar-refractivity contribution in [2.24, 2.45) is 0 Å². The number of carbonyl (C=O) groups is 1. The molecule has 1 heterocycles. The molecule has 3 rings (SSSR count). The zero-order chi connectivity index (χ0) is 20.3. The molecule has 1 saturated heterocycles. The third-order valence-electron chi connectivity index (χ3n) is 4.36. The Morgan fingerprint density at radius 2 is 1.61 bits per heavy atom. The highest BCUT2D eigenvalue weighted by Gasteiger charge is 2.32. The first-order chi connectivity index (χ1) is 13.5. The van der Waals surface area contributed by atoms with E-state index < -0.39 is 0 Å². The molecule has 1 amide bonds. The van der Waals surface area contributed by atoms with Gasteiger partial charge in [-0.1, -0.05) is 53.8 Å². The molecule has 28 heavy (non-hydrogen) atoms. The number of aryl methyl sites for hydroxylation is 1. The second-order valence-corrected chi connectivity index (χ2v) is 7.88. The SMILES string of the molecule is COc1cc(OC)c(OC)cc1C=C1SC(=S)N(Cc2ccc(C)cc2)C1=O. The number of hydrogen-bond donors (Lipinski definition) is 0. The Kier molecular flexibility index (Phi) is 6.26. The number of thiocarbonyl (C=S) groups is 1. The quantitative estimate of drug-likeness (QED) is 0.514. The number of carbonyl (C=O) groups excluding carboxylic acids is 1. The number of ether oxygens (including phenoxy) is 3. The molecule has 0 saturated carbocycles. The fourth-order valence-electron chi connectivity index (χ4n) is 2.82. The van der Waals surface area contributed by atoms with E-state index in [0.717, 1.165) is 11.1 Å². The Morgan fingerprint density at radius 3 is 2.21 bits per heavy atom. The van der Waals surface area contributed by atoms with Crippen LogP contribution in [0.2, 0.25) is 0 Å². The fourth-order valence-corrected chi connectivity index (χ4v) is 4.07. The molecule has 0 spiro atoms. The van der Waals surface area contributed by atoms with E-state index in [2.05, 4.69) is 0 Å². The highest BCUT2D eigenvalue weighted by molar-refractivity contribution is 8.26. The summed E-state index contributed by atoms with van der Waals surface area (Å²) < 4.78 is 16.7. The molecule has 0 aromatic heterocycles. The van der Waals surface area contributed by atoms with Crippen molar-refractivity contribution in [3.05, 3.63) is 58.0 Å². The van der Waals surface area contributed by atoms with Gasteiger partial charge in [0.25, 0.3) is 5.91 Å². The first-order valence-corrected chi connectivity index (χ1v) is 9.80. The van der Waals surface area contributed by atoms with Gasteiger partial charge in [0.2, 0.25) is 0 Å². The number of rotatable bonds is 6. The molecular weight excluding hydrogens is 394 g/mol. The Balaban J connectivity index is 1.90. The molecule has 0 radical (unpaired) electrons. The van der Waals surface area contributed by atoms with Gasteiger partial charge in [-0.25, -0.2) is 0 Å². The van der Waals surface area contributed by atoms with Crippen LogP contribution in [0.1, 0.15) is 16.7 Å². The van der Waals surface area contributed by atoms with Gasteiger partial charge in [-0.15, -0.1) is 0 Å². The van der Waals surface area contributed by atoms with E-state index in [9.17, 15) is 4.79 Å². The number of hydrogen-bond acceptors (Lipinski definition) is 6. The lowest BCUT2D eigenvalue weighted by atomic mass is 10.1. The van der Waals surface area contributed by atoms with Crippen molar-refractivity contribution in [3.63, 3.8) is 0 Å². The minimum absolute atomic E-state index is 0.118. The molecule has 146 valence electrons. The number of benzene rings is 2. The molecule has 2 aromatic carbocycles. The van der Waals surface area contributed by atoms with Gasteiger partial charge in [-0.3, -0.25) is 9.69 Å². The van der Waals surface area contributed by atoms with Crippen LogP contribution in [0.15, 0.2) is 41.3 Å². The van der Waals surface area contributed by atoms with Crippen LogP contribution in [0, 0.1) is 6.92 Å². The first kappa shape index (κ1) is 20.2. The van der Waals surface area contributed by atoms with Crippen molar-refractivity contribution >= 4 is 40.3 Å². The van der Waals surface area contributed by atoms with E-state index in [1.165, 1.54) is 17.3 Å². The second-order valence-electron chi connectivity index (χ2n) is 6.20. The maximum Gasteiger partial charge on any atom is 0.266 e. The molecule has 0 bridgehead atoms. The van der Waals surface area contributed by atoms with Crippen LogP contribution in [0.4, 0.5) is 0 Å². The van der Waals surface area contributed by atoms with Gasteiger partial charge in [0.1, 0.15) is 10.1 Å². The molecule has 0 unspecified atom stereocenters. The van der Waals surface area contributed by atoms with Crippen molar-refractivity contribution < 1.29 is 19.0 Å². The van der Waals surface area contributed by atoms with Gasteiger partial charge in [0, 0.05) is 11.6 Å². The van der Waals surface area contributed by atoms with Crippen LogP contribution in [-0.4, -0.2) is 36.5 Å². The predicted molar refractivity (Wildman–Crippen MR) is 116 cm³/mol. The summed E-state index contributed by atoms with van der Waals surface area (Å²) in [5, 5.41) is 0. The molecule has 1 fully saturated rings. The van der Waals surface area contributed by atoms with Crippen LogP contribution in [0.3, 0.4) is 0 Å². The van der Waals surface area contributed by atoms with Crippen LogP contribution in [0.5, 0.6) is 17.2 Å². The number of methoxy groups -OCH3 is 3. The lowest BCUT2D eigenvalue weighted by Crippen LogP contribution is -2.27. The minimum atomic E-state index is -0.118. The van der Waals surface area contributed by atoms with E-state index >= 15 is 0 Å². The average molecular weight is 416 g/mol. The summed E-state index contributed by atoms with van der Waals surface area (Å²) in [6.07, 6.45) is 1.77. The normalized spacial score (nSPS) is 15.3. The highest BCUT2D eigenvalue weighted by atomic mass is 32.2. The third kappa shape index (κ3) is 4.15. The lowest BCUT2D eigenvalue weighted by Gasteiger charge is -2.14. The van der Waals surface area contributed by atoms with Gasteiger partial charge in [-0.2, -0.15) is 0 Å². The Hall–Kier alpha value is -2.51. The molecule has 0 atom stereocenters. The molecule has 0 N–H and O–H groups in total. The monoisotopic (exact) mass is 415 g/mol. The van der Waals surface area contributed by atoms with Gasteiger partial charge in [0.05, 0.1) is 32.8 Å². The van der Waals surface area contributed by atoms with Crippen molar-refractivity contribution in [1.82, 2.24) is 4.90 Å². The summed E-state index contributed by atoms with van der Waals surface area (Å²) in [7, 11) is 4.70.